The minimum atomic E-state index is 0.559. The van der Waals surface area contributed by atoms with Crippen molar-refractivity contribution in [1.29, 1.82) is 0 Å². The minimum Gasteiger partial charge on any atom is -0.456 e. The number of aromatic nitrogens is 4. The number of fused-ring (bicyclic) bond motifs is 8. The van der Waals surface area contributed by atoms with Crippen LogP contribution >= 0.6 is 0 Å². The standard InChI is InChI=1S/C41H24N4O/c1-3-11-25(12-4-1)39-42-40(26-13-5-2-6-14-26)44-41(43-39)45-35-21-29-17-9-7-15-27(29)19-31(35)32-23-34-33-20-28-16-8-10-18-30(28)22-37(33)46-38(34)24-36(32)45/h1-24H. The molecular formula is C41H24N4O. The predicted molar refractivity (Wildman–Crippen MR) is 187 cm³/mol. The van der Waals surface area contributed by atoms with Gasteiger partial charge in [-0.25, -0.2) is 4.98 Å². The molecule has 214 valence electrons. The summed E-state index contributed by atoms with van der Waals surface area (Å²) < 4.78 is 8.72. The molecule has 0 amide bonds. The second-order valence-electron chi connectivity index (χ2n) is 11.7. The summed E-state index contributed by atoms with van der Waals surface area (Å²) in [5.41, 5.74) is 5.57. The van der Waals surface area contributed by atoms with Crippen LogP contribution in [0.2, 0.25) is 0 Å². The third-order valence-electron chi connectivity index (χ3n) is 8.98. The first-order chi connectivity index (χ1) is 22.8. The molecule has 3 aromatic heterocycles. The fraction of sp³-hybridized carbons (Fsp3) is 0. The van der Waals surface area contributed by atoms with Gasteiger partial charge in [-0.1, -0.05) is 109 Å². The second-order valence-corrected chi connectivity index (χ2v) is 11.7. The smallest absolute Gasteiger partial charge is 0.238 e. The van der Waals surface area contributed by atoms with Gasteiger partial charge in [0, 0.05) is 38.7 Å². The molecule has 0 saturated heterocycles. The minimum absolute atomic E-state index is 0.559. The van der Waals surface area contributed by atoms with Gasteiger partial charge in [-0.05, 0) is 51.9 Å². The lowest BCUT2D eigenvalue weighted by molar-refractivity contribution is 0.670. The lowest BCUT2D eigenvalue weighted by Crippen LogP contribution is -2.06. The zero-order valence-electron chi connectivity index (χ0n) is 24.6. The number of hydrogen-bond donors (Lipinski definition) is 0. The van der Waals surface area contributed by atoms with Crippen molar-refractivity contribution in [3.05, 3.63) is 146 Å². The monoisotopic (exact) mass is 588 g/mol. The fourth-order valence-corrected chi connectivity index (χ4v) is 6.77. The maximum atomic E-state index is 6.55. The van der Waals surface area contributed by atoms with Crippen molar-refractivity contribution in [2.75, 3.05) is 0 Å². The lowest BCUT2D eigenvalue weighted by Gasteiger charge is -2.11. The highest BCUT2D eigenvalue weighted by Crippen LogP contribution is 2.40. The van der Waals surface area contributed by atoms with Crippen LogP contribution < -0.4 is 0 Å². The number of furan rings is 1. The first-order valence-corrected chi connectivity index (χ1v) is 15.4. The number of hydrogen-bond acceptors (Lipinski definition) is 4. The molecule has 0 N–H and O–H groups in total. The fourth-order valence-electron chi connectivity index (χ4n) is 6.77. The van der Waals surface area contributed by atoms with Gasteiger partial charge < -0.3 is 4.42 Å². The summed E-state index contributed by atoms with van der Waals surface area (Å²) in [6.07, 6.45) is 0. The van der Waals surface area contributed by atoms with Crippen LogP contribution in [0.3, 0.4) is 0 Å². The molecular weight excluding hydrogens is 564 g/mol. The van der Waals surface area contributed by atoms with Crippen LogP contribution in [-0.2, 0) is 0 Å². The average Bonchev–Trinajstić information content (AvgIpc) is 3.62. The third-order valence-corrected chi connectivity index (χ3v) is 8.98. The van der Waals surface area contributed by atoms with E-state index in [1.165, 1.54) is 10.8 Å². The molecule has 10 rings (SSSR count). The van der Waals surface area contributed by atoms with Crippen LogP contribution in [0.1, 0.15) is 0 Å². The zero-order valence-corrected chi connectivity index (χ0v) is 24.6. The van der Waals surface area contributed by atoms with Crippen LogP contribution in [0, 0.1) is 0 Å². The maximum absolute atomic E-state index is 6.55. The molecule has 46 heavy (non-hydrogen) atoms. The summed E-state index contributed by atoms with van der Waals surface area (Å²) in [4.78, 5) is 15.2. The third kappa shape index (κ3) is 3.79. The largest absolute Gasteiger partial charge is 0.456 e. The Labute approximate surface area is 263 Å². The van der Waals surface area contributed by atoms with Crippen LogP contribution in [0.15, 0.2) is 150 Å². The van der Waals surface area contributed by atoms with E-state index in [1.54, 1.807) is 0 Å². The van der Waals surface area contributed by atoms with Crippen LogP contribution in [-0.4, -0.2) is 19.5 Å². The maximum Gasteiger partial charge on any atom is 0.238 e. The van der Waals surface area contributed by atoms with Gasteiger partial charge in [0.15, 0.2) is 11.6 Å². The van der Waals surface area contributed by atoms with E-state index >= 15 is 0 Å². The Morgan fingerprint density at radius 1 is 0.391 bits per heavy atom. The number of rotatable bonds is 3. The summed E-state index contributed by atoms with van der Waals surface area (Å²) in [5, 5.41) is 9.13. The van der Waals surface area contributed by atoms with Gasteiger partial charge in [-0.15, -0.1) is 0 Å². The Kier molecular flexibility index (Phi) is 5.22. The van der Waals surface area contributed by atoms with Crippen molar-refractivity contribution in [1.82, 2.24) is 19.5 Å². The van der Waals surface area contributed by atoms with Crippen molar-refractivity contribution in [3.8, 4) is 28.7 Å². The normalized spacial score (nSPS) is 11.9. The summed E-state index contributed by atoms with van der Waals surface area (Å²) >= 11 is 0. The summed E-state index contributed by atoms with van der Waals surface area (Å²) in [7, 11) is 0. The molecule has 0 unspecified atom stereocenters. The van der Waals surface area contributed by atoms with Crippen LogP contribution in [0.25, 0.3) is 94.0 Å². The molecule has 5 nitrogen and oxygen atoms in total. The van der Waals surface area contributed by atoms with Crippen molar-refractivity contribution in [2.24, 2.45) is 0 Å². The van der Waals surface area contributed by atoms with Gasteiger partial charge in [0.1, 0.15) is 11.2 Å². The summed E-state index contributed by atoms with van der Waals surface area (Å²) in [6.45, 7) is 0. The van der Waals surface area contributed by atoms with Crippen LogP contribution in [0.5, 0.6) is 0 Å². The molecule has 0 bridgehead atoms. The van der Waals surface area contributed by atoms with E-state index in [4.69, 9.17) is 19.4 Å². The van der Waals surface area contributed by atoms with Gasteiger partial charge in [-0.2, -0.15) is 9.97 Å². The van der Waals surface area contributed by atoms with Crippen molar-refractivity contribution in [3.63, 3.8) is 0 Å². The second kappa shape index (κ2) is 9.58. The molecule has 0 radical (unpaired) electrons. The van der Waals surface area contributed by atoms with E-state index < -0.39 is 0 Å². The van der Waals surface area contributed by atoms with E-state index in [2.05, 4.69) is 89.5 Å². The highest BCUT2D eigenvalue weighted by atomic mass is 16.3. The van der Waals surface area contributed by atoms with Crippen molar-refractivity contribution in [2.45, 2.75) is 0 Å². The molecule has 0 atom stereocenters. The first kappa shape index (κ1) is 25.0. The molecule has 0 aliphatic rings. The van der Waals surface area contributed by atoms with E-state index in [-0.39, 0.29) is 0 Å². The zero-order chi connectivity index (χ0) is 30.2. The molecule has 0 saturated carbocycles. The molecule has 0 aliphatic carbocycles. The predicted octanol–water partition coefficient (Wildman–Crippen LogP) is 10.5. The molecule has 10 aromatic rings. The highest BCUT2D eigenvalue weighted by molar-refractivity contribution is 6.20. The molecule has 0 aliphatic heterocycles. The SMILES string of the molecule is c1ccc(-c2nc(-c3ccccc3)nc(-n3c4cc5ccccc5cc4c4cc5c(cc43)oc3cc4ccccc4cc35)n2)cc1. The molecule has 0 spiro atoms. The Morgan fingerprint density at radius 3 is 1.48 bits per heavy atom. The highest BCUT2D eigenvalue weighted by Gasteiger charge is 2.21. The van der Waals surface area contributed by atoms with E-state index in [0.29, 0.717) is 17.6 Å². The first-order valence-electron chi connectivity index (χ1n) is 15.4. The van der Waals surface area contributed by atoms with E-state index in [9.17, 15) is 0 Å². The van der Waals surface area contributed by atoms with E-state index in [0.717, 1.165) is 65.6 Å². The Bertz CT molecular complexity index is 2740. The Morgan fingerprint density at radius 2 is 0.848 bits per heavy atom. The number of nitrogens with zero attached hydrogens (tertiary/aromatic N) is 4. The molecule has 0 fully saturated rings. The molecule has 3 heterocycles. The Hall–Kier alpha value is -6.33. The van der Waals surface area contributed by atoms with Gasteiger partial charge >= 0.3 is 0 Å². The van der Waals surface area contributed by atoms with E-state index in [1.807, 2.05) is 60.7 Å². The van der Waals surface area contributed by atoms with Crippen LogP contribution in [0.4, 0.5) is 0 Å². The van der Waals surface area contributed by atoms with Gasteiger partial charge in [-0.3, -0.25) is 4.57 Å². The quantitative estimate of drug-likeness (QED) is 0.206. The van der Waals surface area contributed by atoms with Crippen molar-refractivity contribution < 1.29 is 4.42 Å². The topological polar surface area (TPSA) is 56.7 Å². The van der Waals surface area contributed by atoms with Gasteiger partial charge in [0.25, 0.3) is 0 Å². The Balaban J connectivity index is 1.34. The lowest BCUT2D eigenvalue weighted by atomic mass is 10.0. The van der Waals surface area contributed by atoms with Gasteiger partial charge in [0.2, 0.25) is 5.95 Å². The van der Waals surface area contributed by atoms with Gasteiger partial charge in [0.05, 0.1) is 11.0 Å². The summed E-state index contributed by atoms with van der Waals surface area (Å²) in [5.74, 6) is 1.80. The molecule has 7 aromatic carbocycles. The summed E-state index contributed by atoms with van der Waals surface area (Å²) in [6, 6.07) is 50.4. The number of benzene rings is 7. The van der Waals surface area contributed by atoms with Crippen molar-refractivity contribution >= 4 is 65.3 Å². The average molecular weight is 589 g/mol. The molecule has 5 heteroatoms.